The van der Waals surface area contributed by atoms with Gasteiger partial charge in [0.2, 0.25) is 5.79 Å². The van der Waals surface area contributed by atoms with Gasteiger partial charge in [-0.05, 0) is 118 Å². The molecule has 1 saturated carbocycles. The molecular formula is C52H77N5O12. The van der Waals surface area contributed by atoms with Crippen LogP contribution in [0.4, 0.5) is 0 Å². The molecule has 0 aromatic carbocycles. The molecule has 382 valence electrons. The Bertz CT molecular complexity index is 2050. The summed E-state index contributed by atoms with van der Waals surface area (Å²) in [5.41, 5.74) is 1.11. The van der Waals surface area contributed by atoms with E-state index in [1.165, 1.54) is 12.0 Å². The molecule has 3 aliphatic heterocycles. The summed E-state index contributed by atoms with van der Waals surface area (Å²) in [4.78, 5) is 84.6. The number of esters is 1. The number of ether oxygens (including phenoxy) is 4. The smallest absolute Gasteiger partial charge is 0.329 e. The van der Waals surface area contributed by atoms with Gasteiger partial charge in [-0.2, -0.15) is 0 Å². The van der Waals surface area contributed by atoms with Crippen molar-refractivity contribution in [2.45, 2.75) is 174 Å². The number of fused-ring (bicyclic) bond motifs is 3. The van der Waals surface area contributed by atoms with Crippen LogP contribution in [0.1, 0.15) is 132 Å². The monoisotopic (exact) mass is 964 g/mol. The Balaban J connectivity index is 1.46. The molecule has 5 rings (SSSR count). The van der Waals surface area contributed by atoms with Gasteiger partial charge in [0.25, 0.3) is 11.7 Å². The first-order valence-electron chi connectivity index (χ1n) is 25.0. The van der Waals surface area contributed by atoms with Crippen LogP contribution in [0, 0.1) is 41.4 Å². The molecule has 2 bridgehead atoms. The van der Waals surface area contributed by atoms with Crippen LogP contribution in [0.3, 0.4) is 0 Å². The van der Waals surface area contributed by atoms with Gasteiger partial charge in [-0.25, -0.2) is 9.48 Å². The maximum Gasteiger partial charge on any atom is 0.329 e. The standard InChI is InChI=1S/C52H77N5O12/c1-31-15-11-10-12-16-32(2)39(29-58)27-40-20-18-37(7)52(65,69-40)49(62)50(63)56-22-14-13-17-42(56)51(64)68-44(34(4)25-38-19-21-41(45(26-38)66-8)57-30-53-54-55-57)28-43(59)33(3)24-36(6)47(61)48(67-9)46(60)35(5)23-31/h10-12,15-16,24,29-31,33-35,37-42,44-45,47-48,61,65H,13-14,17-23,25-28H2,1-9H3/b12-10+,15-11+,32-16+,36-24+/t31-,33-,34-,35-,37-,38+,39-,40+,41+,42+,44+,45-,47-,48?,52-/m1/s1. The number of Topliss-reactive ketones (excluding diaryl/α,β-unsaturated/α-hetero) is 3. The predicted octanol–water partition coefficient (Wildman–Crippen LogP) is 5.85. The summed E-state index contributed by atoms with van der Waals surface area (Å²) in [7, 11) is 3.02. The summed E-state index contributed by atoms with van der Waals surface area (Å²) in [6, 6.07) is -1.23. The first kappa shape index (κ1) is 55.4. The fourth-order valence-electron chi connectivity index (χ4n) is 10.7. The molecule has 1 amide bonds. The van der Waals surface area contributed by atoms with E-state index in [1.54, 1.807) is 64.0 Å². The summed E-state index contributed by atoms with van der Waals surface area (Å²) in [6.07, 6.45) is 14.2. The maximum atomic E-state index is 14.5. The topological polar surface area (TPSA) is 227 Å². The van der Waals surface area contributed by atoms with Gasteiger partial charge in [-0.1, -0.05) is 76.6 Å². The first-order valence-corrected chi connectivity index (χ1v) is 25.0. The van der Waals surface area contributed by atoms with Crippen molar-refractivity contribution in [3.8, 4) is 0 Å². The third-order valence-electron chi connectivity index (χ3n) is 15.2. The number of aromatic nitrogens is 4. The average molecular weight is 964 g/mol. The molecule has 3 fully saturated rings. The summed E-state index contributed by atoms with van der Waals surface area (Å²) in [5, 5.41) is 35.1. The number of hydrogen-bond donors (Lipinski definition) is 2. The number of amides is 1. The molecule has 1 aliphatic carbocycles. The van der Waals surface area contributed by atoms with E-state index in [9.17, 15) is 39.0 Å². The molecule has 1 unspecified atom stereocenters. The van der Waals surface area contributed by atoms with Gasteiger partial charge >= 0.3 is 5.97 Å². The highest BCUT2D eigenvalue weighted by Gasteiger charge is 2.53. The molecule has 4 heterocycles. The Morgan fingerprint density at radius 3 is 2.36 bits per heavy atom. The lowest BCUT2D eigenvalue weighted by Crippen LogP contribution is -2.60. The third-order valence-corrected chi connectivity index (χ3v) is 15.2. The molecule has 1 aromatic heterocycles. The van der Waals surface area contributed by atoms with Crippen molar-refractivity contribution in [2.75, 3.05) is 20.8 Å². The van der Waals surface area contributed by atoms with Crippen molar-refractivity contribution in [3.63, 3.8) is 0 Å². The van der Waals surface area contributed by atoms with Gasteiger partial charge in [0.05, 0.1) is 18.2 Å². The summed E-state index contributed by atoms with van der Waals surface area (Å²) < 4.78 is 25.6. The third kappa shape index (κ3) is 14.1. The van der Waals surface area contributed by atoms with Crippen LogP contribution in [-0.4, -0.2) is 134 Å². The van der Waals surface area contributed by atoms with Crippen LogP contribution in [0.5, 0.6) is 0 Å². The number of aldehydes is 1. The highest BCUT2D eigenvalue weighted by molar-refractivity contribution is 6.39. The van der Waals surface area contributed by atoms with Crippen molar-refractivity contribution in [3.05, 3.63) is 53.9 Å². The number of ketones is 3. The quantitative estimate of drug-likeness (QED) is 0.142. The van der Waals surface area contributed by atoms with Crippen molar-refractivity contribution in [1.82, 2.24) is 25.1 Å². The van der Waals surface area contributed by atoms with E-state index in [0.717, 1.165) is 24.7 Å². The number of rotatable bonds is 7. The summed E-state index contributed by atoms with van der Waals surface area (Å²) >= 11 is 0. The van der Waals surface area contributed by atoms with E-state index in [-0.39, 0.29) is 67.3 Å². The lowest BCUT2D eigenvalue weighted by atomic mass is 9.77. The van der Waals surface area contributed by atoms with E-state index in [2.05, 4.69) is 15.5 Å². The molecular weight excluding hydrogens is 887 g/mol. The van der Waals surface area contributed by atoms with Crippen LogP contribution in [0.25, 0.3) is 0 Å². The molecule has 2 saturated heterocycles. The Kier molecular flexibility index (Phi) is 20.5. The lowest BCUT2D eigenvalue weighted by Gasteiger charge is -2.42. The minimum Gasteiger partial charge on any atom is -0.460 e. The second kappa shape index (κ2) is 25.5. The summed E-state index contributed by atoms with van der Waals surface area (Å²) in [5.74, 6) is -8.86. The molecule has 0 spiro atoms. The number of carbonyl (C=O) groups is 6. The second-order valence-corrected chi connectivity index (χ2v) is 20.4. The van der Waals surface area contributed by atoms with Crippen LogP contribution in [0.15, 0.2) is 53.9 Å². The number of allylic oxidation sites excluding steroid dienone is 7. The number of tetrazole rings is 1. The first-order chi connectivity index (χ1) is 32.8. The van der Waals surface area contributed by atoms with Crippen molar-refractivity contribution >= 4 is 35.5 Å². The second-order valence-electron chi connectivity index (χ2n) is 20.4. The van der Waals surface area contributed by atoms with Gasteiger partial charge < -0.3 is 38.9 Å². The molecule has 15 atom stereocenters. The number of aliphatic hydroxyl groups is 2. The number of nitrogens with zero attached hydrogens (tertiary/aromatic N) is 5. The summed E-state index contributed by atoms with van der Waals surface area (Å²) in [6.45, 7) is 12.6. The number of cyclic esters (lactones) is 1. The highest BCUT2D eigenvalue weighted by atomic mass is 16.6. The van der Waals surface area contributed by atoms with Gasteiger partial charge in [0.15, 0.2) is 5.78 Å². The van der Waals surface area contributed by atoms with Crippen molar-refractivity contribution < 1.29 is 57.9 Å². The van der Waals surface area contributed by atoms with E-state index in [1.807, 2.05) is 39.0 Å². The largest absolute Gasteiger partial charge is 0.460 e. The SMILES string of the molecule is COC1C(=O)[C@H](C)C[C@H](C)/C=C/C=C/C=C(\C)[C@@H](C=O)C[C@@H]2CC[C@@H](C)[C@@](O)(O2)C(=O)C(=O)N2CCCC[C@H]2C(=O)O[C@H]([C@H](C)C[C@@H]2CC[C@H](n3cnnn3)[C@H](OC)C2)CC(=O)[C@H](C)/C=C(\C)[C@H]1O. The highest BCUT2D eigenvalue weighted by Crippen LogP contribution is 2.39. The van der Waals surface area contributed by atoms with E-state index in [4.69, 9.17) is 18.9 Å². The van der Waals surface area contributed by atoms with Gasteiger partial charge in [-0.15, -0.1) is 5.10 Å². The fourth-order valence-corrected chi connectivity index (χ4v) is 10.7. The predicted molar refractivity (Wildman–Crippen MR) is 255 cm³/mol. The zero-order valence-corrected chi connectivity index (χ0v) is 42.1. The minimum atomic E-state index is -2.49. The molecule has 69 heavy (non-hydrogen) atoms. The molecule has 1 aromatic rings. The zero-order chi connectivity index (χ0) is 50.6. The molecule has 0 radical (unpaired) electrons. The van der Waals surface area contributed by atoms with Gasteiger partial charge in [0, 0.05) is 50.9 Å². The van der Waals surface area contributed by atoms with Crippen LogP contribution in [0.2, 0.25) is 0 Å². The molecule has 17 nitrogen and oxygen atoms in total. The Morgan fingerprint density at radius 1 is 0.928 bits per heavy atom. The lowest BCUT2D eigenvalue weighted by molar-refractivity contribution is -0.264. The Hall–Kier alpha value is -4.55. The molecule has 2 N–H and O–H groups in total. The van der Waals surface area contributed by atoms with E-state index >= 15 is 0 Å². The van der Waals surface area contributed by atoms with Crippen molar-refractivity contribution in [1.29, 1.82) is 0 Å². The number of methoxy groups -OCH3 is 2. The number of aliphatic hydroxyl groups excluding tert-OH is 1. The Morgan fingerprint density at radius 2 is 1.68 bits per heavy atom. The fraction of sp³-hybridized carbons (Fsp3) is 0.712. The van der Waals surface area contributed by atoms with E-state index in [0.29, 0.717) is 50.5 Å². The normalized spacial score (nSPS) is 38.7. The minimum absolute atomic E-state index is 0.0145. The number of piperidine rings is 1. The van der Waals surface area contributed by atoms with Crippen LogP contribution >= 0.6 is 0 Å². The van der Waals surface area contributed by atoms with Gasteiger partial charge in [0.1, 0.15) is 42.8 Å². The van der Waals surface area contributed by atoms with Crippen LogP contribution < -0.4 is 0 Å². The molecule has 17 heteroatoms. The molecule has 4 aliphatic rings. The maximum absolute atomic E-state index is 14.5. The van der Waals surface area contributed by atoms with Crippen LogP contribution in [-0.2, 0) is 47.7 Å². The van der Waals surface area contributed by atoms with Crippen molar-refractivity contribution in [2.24, 2.45) is 41.4 Å². The average Bonchev–Trinajstić information content (AvgIpc) is 3.88. The number of hydrogen-bond acceptors (Lipinski definition) is 15. The van der Waals surface area contributed by atoms with Gasteiger partial charge in [-0.3, -0.25) is 19.2 Å². The Labute approximate surface area is 407 Å². The zero-order valence-electron chi connectivity index (χ0n) is 42.1. The number of carbonyl (C=O) groups excluding carboxylic acids is 6. The van der Waals surface area contributed by atoms with E-state index < -0.39 is 77.6 Å².